The highest BCUT2D eigenvalue weighted by Crippen LogP contribution is 2.30. The number of phenolic OH excluding ortho intramolecular Hbond substituents is 1. The molecule has 0 aliphatic heterocycles. The third kappa shape index (κ3) is 2.04. The van der Waals surface area contributed by atoms with Crippen molar-refractivity contribution in [2.75, 3.05) is 0 Å². The van der Waals surface area contributed by atoms with E-state index >= 15 is 0 Å². The second-order valence-electron chi connectivity index (χ2n) is 3.05. The average molecular weight is 227 g/mol. The van der Waals surface area contributed by atoms with Crippen molar-refractivity contribution < 1.29 is 30.0 Å². The molecule has 16 heavy (non-hydrogen) atoms. The third-order valence-electron chi connectivity index (χ3n) is 1.98. The van der Waals surface area contributed by atoms with Crippen LogP contribution in [0.5, 0.6) is 11.5 Å². The molecule has 0 aromatic heterocycles. The molecule has 1 aromatic rings. The van der Waals surface area contributed by atoms with Crippen LogP contribution in [0.3, 0.4) is 0 Å². The Balaban J connectivity index is 3.35. The lowest BCUT2D eigenvalue weighted by Gasteiger charge is -2.11. The van der Waals surface area contributed by atoms with E-state index in [1.54, 1.807) is 0 Å². The highest BCUT2D eigenvalue weighted by atomic mass is 16.4. The fraction of sp³-hybridized carbons (Fsp3) is 0.111. The first kappa shape index (κ1) is 11.8. The van der Waals surface area contributed by atoms with Gasteiger partial charge in [0.15, 0.2) is 0 Å². The van der Waals surface area contributed by atoms with E-state index < -0.39 is 35.0 Å². The molecule has 1 atom stereocenters. The molecule has 0 spiro atoms. The Morgan fingerprint density at radius 1 is 1.12 bits per heavy atom. The largest absolute Gasteiger partial charge is 0.507 e. The fourth-order valence-electron chi connectivity index (χ4n) is 1.15. The van der Waals surface area contributed by atoms with Gasteiger partial charge in [-0.25, -0.2) is 4.79 Å². The summed E-state index contributed by atoms with van der Waals surface area (Å²) < 4.78 is 0. The summed E-state index contributed by atoms with van der Waals surface area (Å²) in [7, 11) is 0. The Bertz CT molecular complexity index is 456. The molecule has 0 amide bonds. The summed E-state index contributed by atoms with van der Waals surface area (Å²) in [6.45, 7) is 0. The predicted molar refractivity (Wildman–Crippen MR) is 51.3 cm³/mol. The van der Waals surface area contributed by atoms with E-state index in [2.05, 4.69) is 0 Å². The zero-order valence-electron chi connectivity index (χ0n) is 7.91. The van der Waals surface area contributed by atoms with Crippen molar-refractivity contribution in [3.8, 4) is 11.5 Å². The van der Waals surface area contributed by atoms with Crippen LogP contribution in [0.25, 0.3) is 0 Å². The van der Waals surface area contributed by atoms with E-state index in [4.69, 9.17) is 15.9 Å². The van der Waals surface area contributed by atoms with Crippen LogP contribution in [0.1, 0.15) is 22.0 Å². The number of carbonyl (C=O) groups is 2. The Hall–Kier alpha value is -2.28. The van der Waals surface area contributed by atoms with Crippen LogP contribution in [-0.4, -0.2) is 32.4 Å². The quantitative estimate of drug-likeness (QED) is 0.484. The molecule has 6 N–H and O–H groups in total. The van der Waals surface area contributed by atoms with E-state index in [0.717, 1.165) is 12.1 Å². The predicted octanol–water partition coefficient (Wildman–Crippen LogP) is -0.120. The number of hydrogen-bond acceptors (Lipinski definition) is 5. The minimum atomic E-state index is -1.56. The van der Waals surface area contributed by atoms with E-state index in [0.29, 0.717) is 0 Å². The summed E-state index contributed by atoms with van der Waals surface area (Å²) in [6.07, 6.45) is 0. The highest BCUT2D eigenvalue weighted by molar-refractivity contribution is 5.92. The molecule has 0 heterocycles. The third-order valence-corrected chi connectivity index (χ3v) is 1.98. The molecule has 0 saturated carbocycles. The van der Waals surface area contributed by atoms with E-state index in [1.165, 1.54) is 0 Å². The summed E-state index contributed by atoms with van der Waals surface area (Å²) >= 11 is 0. The number of phenols is 2. The smallest absolute Gasteiger partial charge is 0.339 e. The second-order valence-corrected chi connectivity index (χ2v) is 3.05. The van der Waals surface area contributed by atoms with Gasteiger partial charge in [0, 0.05) is 11.6 Å². The number of aromatic carboxylic acids is 1. The molecule has 0 bridgehead atoms. The lowest BCUT2D eigenvalue weighted by Crippen LogP contribution is -2.21. The minimum absolute atomic E-state index is 0.275. The molecule has 7 nitrogen and oxygen atoms in total. The molecule has 0 aliphatic rings. The molecule has 0 radical (unpaired) electrons. The van der Waals surface area contributed by atoms with Gasteiger partial charge in [0.1, 0.15) is 23.1 Å². The maximum Gasteiger partial charge on any atom is 0.339 e. The number of aliphatic carboxylic acids is 1. The Morgan fingerprint density at radius 2 is 1.69 bits per heavy atom. The minimum Gasteiger partial charge on any atom is -0.507 e. The zero-order valence-corrected chi connectivity index (χ0v) is 7.91. The first-order chi connectivity index (χ1) is 7.34. The van der Waals surface area contributed by atoms with Crippen molar-refractivity contribution in [1.82, 2.24) is 0 Å². The van der Waals surface area contributed by atoms with Crippen molar-refractivity contribution in [1.29, 1.82) is 0 Å². The molecule has 86 valence electrons. The number of rotatable bonds is 3. The number of carboxylic acid groups (broad SMARTS) is 2. The lowest BCUT2D eigenvalue weighted by atomic mass is 10.0. The van der Waals surface area contributed by atoms with Crippen molar-refractivity contribution in [3.05, 3.63) is 23.3 Å². The van der Waals surface area contributed by atoms with Crippen molar-refractivity contribution in [3.63, 3.8) is 0 Å². The van der Waals surface area contributed by atoms with Crippen molar-refractivity contribution in [2.45, 2.75) is 6.04 Å². The van der Waals surface area contributed by atoms with Gasteiger partial charge in [-0.15, -0.1) is 0 Å². The summed E-state index contributed by atoms with van der Waals surface area (Å²) in [5.41, 5.74) is 4.42. The normalized spacial score (nSPS) is 12.1. The zero-order chi connectivity index (χ0) is 12.5. The number of hydrogen-bond donors (Lipinski definition) is 5. The van der Waals surface area contributed by atoms with Crippen LogP contribution in [0, 0.1) is 0 Å². The number of benzene rings is 1. The van der Waals surface area contributed by atoms with Crippen molar-refractivity contribution >= 4 is 11.9 Å². The summed E-state index contributed by atoms with van der Waals surface area (Å²) in [4.78, 5) is 21.2. The molecule has 0 saturated heterocycles. The number of nitrogens with two attached hydrogens (primary N) is 1. The molecule has 0 fully saturated rings. The molecule has 0 aliphatic carbocycles. The second kappa shape index (κ2) is 4.07. The molecule has 1 rings (SSSR count). The first-order valence-corrected chi connectivity index (χ1v) is 4.12. The van der Waals surface area contributed by atoms with Crippen LogP contribution in [-0.2, 0) is 4.79 Å². The average Bonchev–Trinajstić information content (AvgIpc) is 2.16. The standard InChI is InChI=1S/C9H9NO6/c10-7(9(15)16)3-1-4(8(13)14)6(12)2-5(3)11/h1-2,7,11-12H,10H2,(H,13,14)(H,15,16). The Kier molecular flexibility index (Phi) is 3.00. The summed E-state index contributed by atoms with van der Waals surface area (Å²) in [5, 5.41) is 35.8. The molecule has 1 unspecified atom stereocenters. The van der Waals surface area contributed by atoms with Gasteiger partial charge in [-0.2, -0.15) is 0 Å². The topological polar surface area (TPSA) is 141 Å². The van der Waals surface area contributed by atoms with E-state index in [9.17, 15) is 19.8 Å². The van der Waals surface area contributed by atoms with Crippen molar-refractivity contribution in [2.24, 2.45) is 5.73 Å². The molecular weight excluding hydrogens is 218 g/mol. The van der Waals surface area contributed by atoms with Gasteiger partial charge in [0.05, 0.1) is 0 Å². The van der Waals surface area contributed by atoms with Gasteiger partial charge in [0.25, 0.3) is 0 Å². The molecular formula is C9H9NO6. The van der Waals surface area contributed by atoms with Crippen LogP contribution >= 0.6 is 0 Å². The van der Waals surface area contributed by atoms with Gasteiger partial charge >= 0.3 is 11.9 Å². The monoisotopic (exact) mass is 227 g/mol. The maximum atomic E-state index is 10.6. The van der Waals surface area contributed by atoms with E-state index in [-0.39, 0.29) is 5.56 Å². The maximum absolute atomic E-state index is 10.6. The van der Waals surface area contributed by atoms with Gasteiger partial charge in [-0.1, -0.05) is 0 Å². The lowest BCUT2D eigenvalue weighted by molar-refractivity contribution is -0.138. The van der Waals surface area contributed by atoms with Gasteiger partial charge in [-0.05, 0) is 6.07 Å². The molecule has 1 aromatic carbocycles. The Morgan fingerprint density at radius 3 is 2.12 bits per heavy atom. The highest BCUT2D eigenvalue weighted by Gasteiger charge is 2.22. The first-order valence-electron chi connectivity index (χ1n) is 4.12. The van der Waals surface area contributed by atoms with Crippen LogP contribution in [0.4, 0.5) is 0 Å². The van der Waals surface area contributed by atoms with Crippen LogP contribution < -0.4 is 5.73 Å². The van der Waals surface area contributed by atoms with Crippen LogP contribution in [0.15, 0.2) is 12.1 Å². The fourth-order valence-corrected chi connectivity index (χ4v) is 1.15. The summed E-state index contributed by atoms with van der Waals surface area (Å²) in [6, 6.07) is 0.00611. The molecule has 7 heteroatoms. The summed E-state index contributed by atoms with van der Waals surface area (Å²) in [5.74, 6) is -4.10. The van der Waals surface area contributed by atoms with E-state index in [1.807, 2.05) is 0 Å². The SMILES string of the molecule is NC(C(=O)O)c1cc(C(=O)O)c(O)cc1O. The number of aromatic hydroxyl groups is 2. The van der Waals surface area contributed by atoms with Gasteiger partial charge in [-0.3, -0.25) is 4.79 Å². The van der Waals surface area contributed by atoms with Gasteiger partial charge in [0.2, 0.25) is 0 Å². The Labute approximate surface area is 89.4 Å². The van der Waals surface area contributed by atoms with Crippen LogP contribution in [0.2, 0.25) is 0 Å². The van der Waals surface area contributed by atoms with Gasteiger partial charge < -0.3 is 26.2 Å². The number of carboxylic acids is 2.